The average Bonchev–Trinajstić information content (AvgIpc) is 2.58. The summed E-state index contributed by atoms with van der Waals surface area (Å²) < 4.78 is 4.67. The van der Waals surface area contributed by atoms with Gasteiger partial charge in [-0.25, -0.2) is 4.79 Å². The number of amides is 2. The van der Waals surface area contributed by atoms with Gasteiger partial charge in [0.15, 0.2) is 0 Å². The van der Waals surface area contributed by atoms with E-state index in [0.29, 0.717) is 0 Å². The Hall–Kier alpha value is -2.90. The van der Waals surface area contributed by atoms with Crippen molar-refractivity contribution in [1.82, 2.24) is 10.6 Å². The van der Waals surface area contributed by atoms with Gasteiger partial charge in [-0.1, -0.05) is 30.3 Å². The van der Waals surface area contributed by atoms with Gasteiger partial charge in [-0.2, -0.15) is 0 Å². The molecule has 8 heteroatoms. The molecule has 1 unspecified atom stereocenters. The van der Waals surface area contributed by atoms with Gasteiger partial charge in [0.25, 0.3) is 0 Å². The summed E-state index contributed by atoms with van der Waals surface area (Å²) >= 11 is 0. The molecule has 0 aliphatic rings. The maximum atomic E-state index is 12.3. The third kappa shape index (κ3) is 5.38. The molecule has 0 aliphatic carbocycles. The lowest BCUT2D eigenvalue weighted by Gasteiger charge is -2.23. The first-order valence-corrected chi connectivity index (χ1v) is 7.25. The van der Waals surface area contributed by atoms with Crippen LogP contribution in [-0.4, -0.2) is 48.6 Å². The maximum absolute atomic E-state index is 12.3. The fraction of sp³-hybridized carbons (Fsp3) is 0.375. The Labute approximate surface area is 139 Å². The van der Waals surface area contributed by atoms with Crippen LogP contribution in [0.4, 0.5) is 0 Å². The van der Waals surface area contributed by atoms with Crippen molar-refractivity contribution in [3.8, 4) is 0 Å². The molecule has 0 heterocycles. The van der Waals surface area contributed by atoms with Crippen LogP contribution in [0, 0.1) is 5.92 Å². The number of nitrogens with one attached hydrogen (secondary N) is 2. The second-order valence-corrected chi connectivity index (χ2v) is 5.16. The number of hydrogen-bond acceptors (Lipinski definition) is 5. The summed E-state index contributed by atoms with van der Waals surface area (Å²) in [6.45, 7) is 1.29. The van der Waals surface area contributed by atoms with Gasteiger partial charge in [0.1, 0.15) is 12.1 Å². The van der Waals surface area contributed by atoms with Crippen molar-refractivity contribution in [3.63, 3.8) is 0 Å². The van der Waals surface area contributed by atoms with Crippen LogP contribution in [-0.2, 0) is 30.3 Å². The quantitative estimate of drug-likeness (QED) is 0.421. The summed E-state index contributed by atoms with van der Waals surface area (Å²) in [5.41, 5.74) is 0.791. The lowest BCUT2D eigenvalue weighted by Crippen LogP contribution is -2.54. The van der Waals surface area contributed by atoms with Crippen molar-refractivity contribution in [2.75, 3.05) is 7.11 Å². The summed E-state index contributed by atoms with van der Waals surface area (Å²) in [4.78, 5) is 45.9. The smallest absolute Gasteiger partial charge is 0.328 e. The lowest BCUT2D eigenvalue weighted by molar-refractivity contribution is -0.147. The first-order chi connectivity index (χ1) is 11.4. The predicted octanol–water partition coefficient (Wildman–Crippen LogP) is -0.278. The molecule has 1 aromatic rings. The molecule has 0 fully saturated rings. The molecule has 0 aromatic heterocycles. The third-order valence-electron chi connectivity index (χ3n) is 3.50. The molecule has 130 valence electrons. The molecule has 1 rings (SSSR count). The molecule has 0 saturated heterocycles. The zero-order valence-corrected chi connectivity index (χ0v) is 13.4. The summed E-state index contributed by atoms with van der Waals surface area (Å²) in [5.74, 6) is -3.85. The molecule has 0 saturated carbocycles. The topological polar surface area (TPSA) is 122 Å². The maximum Gasteiger partial charge on any atom is 0.328 e. The second-order valence-electron chi connectivity index (χ2n) is 5.16. The Kier molecular flexibility index (Phi) is 7.41. The van der Waals surface area contributed by atoms with E-state index in [1.165, 1.54) is 14.0 Å². The Morgan fingerprint density at radius 3 is 2.38 bits per heavy atom. The van der Waals surface area contributed by atoms with Crippen LogP contribution >= 0.6 is 0 Å². The Morgan fingerprint density at radius 1 is 1.25 bits per heavy atom. The molecule has 3 atom stereocenters. The minimum atomic E-state index is -1.30. The monoisotopic (exact) mass is 336 g/mol. The molecule has 0 aliphatic heterocycles. The summed E-state index contributed by atoms with van der Waals surface area (Å²) in [7, 11) is 1.19. The van der Waals surface area contributed by atoms with Gasteiger partial charge in [-0.15, -0.1) is 0 Å². The number of methoxy groups -OCH3 is 1. The zero-order chi connectivity index (χ0) is 18.1. The first kappa shape index (κ1) is 19.1. The Morgan fingerprint density at radius 2 is 1.88 bits per heavy atom. The van der Waals surface area contributed by atoms with Gasteiger partial charge in [0.2, 0.25) is 12.3 Å². The Bertz CT molecular complexity index is 589. The van der Waals surface area contributed by atoms with Crippen molar-refractivity contribution in [1.29, 1.82) is 0 Å². The minimum absolute atomic E-state index is 0.175. The van der Waals surface area contributed by atoms with Gasteiger partial charge < -0.3 is 20.5 Å². The molecular formula is C16H20N2O6. The van der Waals surface area contributed by atoms with Crippen molar-refractivity contribution >= 4 is 24.3 Å². The minimum Gasteiger partial charge on any atom is -0.481 e. The van der Waals surface area contributed by atoms with Gasteiger partial charge in [-0.3, -0.25) is 14.4 Å². The molecule has 0 spiro atoms. The fourth-order valence-electron chi connectivity index (χ4n) is 2.11. The zero-order valence-electron chi connectivity index (χ0n) is 13.4. The van der Waals surface area contributed by atoms with Crippen LogP contribution in [0.15, 0.2) is 30.3 Å². The number of hydrogen-bond donors (Lipinski definition) is 3. The van der Waals surface area contributed by atoms with E-state index in [9.17, 15) is 19.2 Å². The predicted molar refractivity (Wildman–Crippen MR) is 83.9 cm³/mol. The van der Waals surface area contributed by atoms with Crippen molar-refractivity contribution in [3.05, 3.63) is 35.9 Å². The molecule has 1 aromatic carbocycles. The van der Waals surface area contributed by atoms with E-state index in [-0.39, 0.29) is 12.8 Å². The molecule has 2 amide bonds. The van der Waals surface area contributed by atoms with Crippen molar-refractivity contribution in [2.45, 2.75) is 25.4 Å². The van der Waals surface area contributed by atoms with Crippen molar-refractivity contribution < 1.29 is 29.0 Å². The Balaban J connectivity index is 2.90. The molecule has 8 nitrogen and oxygen atoms in total. The van der Waals surface area contributed by atoms with Gasteiger partial charge >= 0.3 is 11.9 Å². The van der Waals surface area contributed by atoms with Crippen LogP contribution in [0.25, 0.3) is 0 Å². The molecule has 24 heavy (non-hydrogen) atoms. The lowest BCUT2D eigenvalue weighted by atomic mass is 10.00. The van der Waals surface area contributed by atoms with E-state index in [4.69, 9.17) is 5.11 Å². The SMILES string of the molecule is COC(=O)[C@H](Cc1ccccc1)NC(=O)[C@@H](NC=O)C(C)C(=O)O. The van der Waals surface area contributed by atoms with E-state index in [1.807, 2.05) is 6.07 Å². The highest BCUT2D eigenvalue weighted by Crippen LogP contribution is 2.08. The van der Waals surface area contributed by atoms with Crippen LogP contribution in [0.5, 0.6) is 0 Å². The highest BCUT2D eigenvalue weighted by atomic mass is 16.5. The average molecular weight is 336 g/mol. The summed E-state index contributed by atoms with van der Waals surface area (Å²) in [5, 5.41) is 13.6. The molecule has 0 radical (unpaired) electrons. The standard InChI is InChI=1S/C16H20N2O6/c1-10(15(21)22)13(17-9-19)14(20)18-12(16(23)24-2)8-11-6-4-3-5-7-11/h3-7,9-10,12-13H,8H2,1-2H3,(H,17,19)(H,18,20)(H,21,22)/t10?,12-,13-/m0/s1. The number of esters is 1. The van der Waals surface area contributed by atoms with Gasteiger partial charge in [0.05, 0.1) is 13.0 Å². The highest BCUT2D eigenvalue weighted by molar-refractivity contribution is 5.92. The number of ether oxygens (including phenoxy) is 1. The number of carbonyl (C=O) groups is 4. The van der Waals surface area contributed by atoms with E-state index >= 15 is 0 Å². The number of carboxylic acid groups (broad SMARTS) is 1. The highest BCUT2D eigenvalue weighted by Gasteiger charge is 2.32. The van der Waals surface area contributed by atoms with Crippen LogP contribution in [0.3, 0.4) is 0 Å². The van der Waals surface area contributed by atoms with Crippen LogP contribution in [0.1, 0.15) is 12.5 Å². The molecular weight excluding hydrogens is 316 g/mol. The normalized spacial score (nSPS) is 13.9. The van der Waals surface area contributed by atoms with Crippen LogP contribution < -0.4 is 10.6 Å². The number of benzene rings is 1. The molecule has 0 bridgehead atoms. The third-order valence-corrected chi connectivity index (χ3v) is 3.50. The summed E-state index contributed by atoms with van der Waals surface area (Å²) in [6.07, 6.45) is 0.419. The van der Waals surface area contributed by atoms with E-state index in [0.717, 1.165) is 5.56 Å². The van der Waals surface area contributed by atoms with E-state index in [2.05, 4.69) is 15.4 Å². The molecule has 3 N–H and O–H groups in total. The van der Waals surface area contributed by atoms with Gasteiger partial charge in [0, 0.05) is 6.42 Å². The largest absolute Gasteiger partial charge is 0.481 e. The van der Waals surface area contributed by atoms with Gasteiger partial charge in [-0.05, 0) is 12.5 Å². The van der Waals surface area contributed by atoms with E-state index in [1.54, 1.807) is 24.3 Å². The van der Waals surface area contributed by atoms with Crippen molar-refractivity contribution in [2.24, 2.45) is 5.92 Å². The number of carbonyl (C=O) groups excluding carboxylic acids is 3. The fourth-order valence-corrected chi connectivity index (χ4v) is 2.11. The number of rotatable bonds is 9. The number of carboxylic acids is 1. The second kappa shape index (κ2) is 9.29. The van der Waals surface area contributed by atoms with Crippen LogP contribution in [0.2, 0.25) is 0 Å². The van der Waals surface area contributed by atoms with E-state index < -0.39 is 35.8 Å². The number of aliphatic carboxylic acids is 1. The summed E-state index contributed by atoms with van der Waals surface area (Å²) in [6, 6.07) is 6.65. The first-order valence-electron chi connectivity index (χ1n) is 7.25.